The standard InChI is InChI=1S/C15H22N2O2S/c1-2-20(19)14-10-6-9-13(11-14)17-15(18)16-12-7-4-3-5-8-12/h3-5,7-8,13-14H,2,6,9-11H2,1H3,(H2,16,17,18). The zero-order valence-electron chi connectivity index (χ0n) is 11.8. The summed E-state index contributed by atoms with van der Waals surface area (Å²) < 4.78 is 11.9. The van der Waals surface area contributed by atoms with Gasteiger partial charge in [0.1, 0.15) is 0 Å². The van der Waals surface area contributed by atoms with Gasteiger partial charge in [-0.15, -0.1) is 0 Å². The number of rotatable bonds is 4. The molecule has 0 aromatic heterocycles. The molecule has 0 radical (unpaired) electrons. The Morgan fingerprint density at radius 1 is 1.30 bits per heavy atom. The van der Waals surface area contributed by atoms with Crippen LogP contribution in [0.25, 0.3) is 0 Å². The van der Waals surface area contributed by atoms with Crippen molar-refractivity contribution in [2.75, 3.05) is 11.1 Å². The first-order valence-electron chi connectivity index (χ1n) is 7.18. The van der Waals surface area contributed by atoms with Gasteiger partial charge in [0, 0.05) is 33.5 Å². The molecule has 1 saturated carbocycles. The number of urea groups is 1. The van der Waals surface area contributed by atoms with E-state index in [-0.39, 0.29) is 17.3 Å². The molecule has 5 heteroatoms. The molecule has 20 heavy (non-hydrogen) atoms. The Labute approximate surface area is 122 Å². The van der Waals surface area contributed by atoms with Gasteiger partial charge in [0.15, 0.2) is 0 Å². The van der Waals surface area contributed by atoms with Crippen LogP contribution >= 0.6 is 0 Å². The van der Waals surface area contributed by atoms with E-state index < -0.39 is 10.8 Å². The summed E-state index contributed by atoms with van der Waals surface area (Å²) in [7, 11) is -0.759. The lowest BCUT2D eigenvalue weighted by atomic mass is 9.95. The first kappa shape index (κ1) is 15.0. The lowest BCUT2D eigenvalue weighted by molar-refractivity contribution is 0.244. The molecule has 2 N–H and O–H groups in total. The third-order valence-electron chi connectivity index (χ3n) is 3.65. The van der Waals surface area contributed by atoms with Gasteiger partial charge in [-0.3, -0.25) is 4.21 Å². The monoisotopic (exact) mass is 294 g/mol. The van der Waals surface area contributed by atoms with Crippen LogP contribution in [0.15, 0.2) is 30.3 Å². The first-order chi connectivity index (χ1) is 9.69. The van der Waals surface area contributed by atoms with Crippen LogP contribution in [0.5, 0.6) is 0 Å². The van der Waals surface area contributed by atoms with Crippen LogP contribution in [-0.4, -0.2) is 27.3 Å². The molecule has 1 aliphatic rings. The molecular weight excluding hydrogens is 272 g/mol. The van der Waals surface area contributed by atoms with Gasteiger partial charge in [-0.25, -0.2) is 4.79 Å². The maximum atomic E-state index is 11.9. The van der Waals surface area contributed by atoms with Gasteiger partial charge < -0.3 is 10.6 Å². The third-order valence-corrected chi connectivity index (χ3v) is 5.39. The van der Waals surface area contributed by atoms with Gasteiger partial charge in [-0.1, -0.05) is 31.5 Å². The smallest absolute Gasteiger partial charge is 0.319 e. The second-order valence-corrected chi connectivity index (χ2v) is 7.12. The molecule has 0 spiro atoms. The molecule has 1 aromatic carbocycles. The number of anilines is 1. The minimum Gasteiger partial charge on any atom is -0.335 e. The second kappa shape index (κ2) is 7.43. The molecule has 0 saturated heterocycles. The highest BCUT2D eigenvalue weighted by Gasteiger charge is 2.26. The topological polar surface area (TPSA) is 58.2 Å². The Kier molecular flexibility index (Phi) is 5.59. The molecule has 1 aliphatic carbocycles. The molecule has 1 fully saturated rings. The van der Waals surface area contributed by atoms with Crippen molar-refractivity contribution in [2.24, 2.45) is 0 Å². The van der Waals surface area contributed by atoms with E-state index >= 15 is 0 Å². The fourth-order valence-corrected chi connectivity index (χ4v) is 3.97. The fraction of sp³-hybridized carbons (Fsp3) is 0.533. The zero-order valence-corrected chi connectivity index (χ0v) is 12.6. The first-order valence-corrected chi connectivity index (χ1v) is 8.57. The van der Waals surface area contributed by atoms with Crippen LogP contribution in [0.3, 0.4) is 0 Å². The Balaban J connectivity index is 1.83. The van der Waals surface area contributed by atoms with Gasteiger partial charge in [-0.2, -0.15) is 0 Å². The van der Waals surface area contributed by atoms with Crippen molar-refractivity contribution in [3.63, 3.8) is 0 Å². The van der Waals surface area contributed by atoms with E-state index in [1.165, 1.54) is 0 Å². The minimum atomic E-state index is -0.759. The van der Waals surface area contributed by atoms with Crippen LogP contribution in [0.2, 0.25) is 0 Å². The van der Waals surface area contributed by atoms with E-state index in [0.717, 1.165) is 31.4 Å². The normalized spacial score (nSPS) is 23.9. The average Bonchev–Trinajstić information content (AvgIpc) is 2.47. The van der Waals surface area contributed by atoms with Crippen molar-refractivity contribution >= 4 is 22.5 Å². The molecule has 3 unspecified atom stereocenters. The van der Waals surface area contributed by atoms with E-state index in [1.54, 1.807) is 0 Å². The zero-order chi connectivity index (χ0) is 14.4. The SMILES string of the molecule is CCS(=O)C1CCCC(NC(=O)Nc2ccccc2)C1. The average molecular weight is 294 g/mol. The maximum absolute atomic E-state index is 11.9. The highest BCUT2D eigenvalue weighted by Crippen LogP contribution is 2.23. The van der Waals surface area contributed by atoms with E-state index in [0.29, 0.717) is 5.75 Å². The summed E-state index contributed by atoms with van der Waals surface area (Å²) in [6, 6.07) is 9.35. The number of carbonyl (C=O) groups excluding carboxylic acids is 1. The lowest BCUT2D eigenvalue weighted by Gasteiger charge is -2.29. The van der Waals surface area contributed by atoms with E-state index in [1.807, 2.05) is 37.3 Å². The molecule has 0 heterocycles. The summed E-state index contributed by atoms with van der Waals surface area (Å²) in [5.74, 6) is 0.702. The van der Waals surface area contributed by atoms with Crippen molar-refractivity contribution in [1.82, 2.24) is 5.32 Å². The Morgan fingerprint density at radius 2 is 2.05 bits per heavy atom. The highest BCUT2D eigenvalue weighted by atomic mass is 32.2. The Bertz CT molecular complexity index is 464. The van der Waals surface area contributed by atoms with Crippen LogP contribution in [0.1, 0.15) is 32.6 Å². The number of benzene rings is 1. The fourth-order valence-electron chi connectivity index (χ4n) is 2.62. The van der Waals surface area contributed by atoms with Crippen LogP contribution in [-0.2, 0) is 10.8 Å². The number of para-hydroxylation sites is 1. The number of nitrogens with one attached hydrogen (secondary N) is 2. The van der Waals surface area contributed by atoms with Gasteiger partial charge in [0.2, 0.25) is 0 Å². The molecule has 3 atom stereocenters. The summed E-state index contributed by atoms with van der Waals surface area (Å²) in [5.41, 5.74) is 0.787. The molecule has 4 nitrogen and oxygen atoms in total. The van der Waals surface area contributed by atoms with Gasteiger partial charge in [0.05, 0.1) is 0 Å². The van der Waals surface area contributed by atoms with Crippen LogP contribution in [0, 0.1) is 0 Å². The molecular formula is C15H22N2O2S. The molecule has 2 amide bonds. The predicted octanol–water partition coefficient (Wildman–Crippen LogP) is 2.89. The molecule has 0 aliphatic heterocycles. The summed E-state index contributed by atoms with van der Waals surface area (Å²) in [5, 5.41) is 6.05. The van der Waals surface area contributed by atoms with Gasteiger partial charge >= 0.3 is 6.03 Å². The minimum absolute atomic E-state index is 0.132. The number of hydrogen-bond acceptors (Lipinski definition) is 2. The van der Waals surface area contributed by atoms with Gasteiger partial charge in [-0.05, 0) is 31.4 Å². The van der Waals surface area contributed by atoms with E-state index in [4.69, 9.17) is 0 Å². The maximum Gasteiger partial charge on any atom is 0.319 e. The predicted molar refractivity (Wildman–Crippen MR) is 83.3 cm³/mol. The van der Waals surface area contributed by atoms with E-state index in [2.05, 4.69) is 10.6 Å². The summed E-state index contributed by atoms with van der Waals surface area (Å²) in [6.45, 7) is 1.95. The molecule has 0 bridgehead atoms. The van der Waals surface area contributed by atoms with Crippen LogP contribution in [0.4, 0.5) is 10.5 Å². The van der Waals surface area contributed by atoms with Crippen LogP contribution < -0.4 is 10.6 Å². The van der Waals surface area contributed by atoms with Crippen molar-refractivity contribution in [2.45, 2.75) is 43.9 Å². The second-order valence-electron chi connectivity index (χ2n) is 5.12. The molecule has 1 aromatic rings. The van der Waals surface area contributed by atoms with Crippen molar-refractivity contribution in [3.8, 4) is 0 Å². The number of hydrogen-bond donors (Lipinski definition) is 2. The van der Waals surface area contributed by atoms with Crippen molar-refractivity contribution in [1.29, 1.82) is 0 Å². The van der Waals surface area contributed by atoms with Gasteiger partial charge in [0.25, 0.3) is 0 Å². The highest BCUT2D eigenvalue weighted by molar-refractivity contribution is 7.85. The summed E-state index contributed by atoms with van der Waals surface area (Å²) in [6.07, 6.45) is 3.84. The largest absolute Gasteiger partial charge is 0.335 e. The van der Waals surface area contributed by atoms with E-state index in [9.17, 15) is 9.00 Å². The Morgan fingerprint density at radius 3 is 2.75 bits per heavy atom. The summed E-state index contributed by atoms with van der Waals surface area (Å²) >= 11 is 0. The number of carbonyl (C=O) groups is 1. The van der Waals surface area contributed by atoms with Crippen molar-refractivity contribution in [3.05, 3.63) is 30.3 Å². The third kappa shape index (κ3) is 4.34. The summed E-state index contributed by atoms with van der Waals surface area (Å²) in [4.78, 5) is 11.9. The number of amides is 2. The quantitative estimate of drug-likeness (QED) is 0.897. The Hall–Kier alpha value is -1.36. The van der Waals surface area contributed by atoms with Crippen molar-refractivity contribution < 1.29 is 9.00 Å². The molecule has 110 valence electrons. The lowest BCUT2D eigenvalue weighted by Crippen LogP contribution is -2.42. The molecule has 2 rings (SSSR count).